The highest BCUT2D eigenvalue weighted by atomic mass is 16.3. The average Bonchev–Trinajstić information content (AvgIpc) is 1.68. The summed E-state index contributed by atoms with van der Waals surface area (Å²) < 4.78 is 169. The molecule has 0 spiro atoms. The molecule has 0 atom stereocenters. The van der Waals surface area contributed by atoms with Gasteiger partial charge < -0.3 is 27.9 Å². The number of aromatic nitrogens is 3. The van der Waals surface area contributed by atoms with E-state index in [1.165, 1.54) is 11.1 Å². The maximum atomic E-state index is 10.3. The molecule has 0 radical (unpaired) electrons. The Kier molecular flexibility index (Phi) is 12.5. The Bertz CT molecular complexity index is 8060. The van der Waals surface area contributed by atoms with Crippen LogP contribution in [0.5, 0.6) is 0 Å². The first-order valence-electron chi connectivity index (χ1n) is 48.4. The Labute approximate surface area is 709 Å². The van der Waals surface area contributed by atoms with Gasteiger partial charge >= 0.3 is 0 Å². The lowest BCUT2D eigenvalue weighted by atomic mass is 9.33. The van der Waals surface area contributed by atoms with Gasteiger partial charge in [-0.05, 0) is 197 Å². The minimum absolute atomic E-state index is 0.0899. The van der Waals surface area contributed by atoms with Crippen molar-refractivity contribution >= 4 is 145 Å². The second-order valence-electron chi connectivity index (χ2n) is 37.0. The maximum absolute atomic E-state index is 10.3. The minimum Gasteiger partial charge on any atom is -0.452 e. The molecule has 0 fully saturated rings. The van der Waals surface area contributed by atoms with E-state index in [0.717, 1.165) is 93.8 Å². The van der Waals surface area contributed by atoms with Gasteiger partial charge in [-0.15, -0.1) is 0 Å². The molecule has 21 rings (SSSR count). The highest BCUT2D eigenvalue weighted by molar-refractivity contribution is 7.00. The summed E-state index contributed by atoms with van der Waals surface area (Å²) in [5.41, 5.74) is 18.6. The smallest absolute Gasteiger partial charge is 0.252 e. The number of furan rings is 1. The minimum atomic E-state index is -0.824. The SMILES string of the molecule is [2H]c1c([2H])c([2H])c2c(c1[2H])c1c([2H])c([2H])c([2H])c([2H])c1n2-c1ccc2c(c1)N(c1c(-c3ccccc3)cc(C(C)(C)C)cc1-c1ccccc1)c1cc(-n3c4c([2H])c([2H])c([2H])c([2H])c4c4c([2H])c([2H])c([2H])c([2H])c43)cc3c1B2c1ccc(-c2cc(C(C)(C)C)cc(C(C)(C)C)c2)cc1N3c1cccc2c1oc1c(-n3c4ccc(C(C)(C)C)cc4c4cc(C(C)(C)C)ccc43)cccc12. The molecule has 0 saturated carbocycles. The zero-order valence-electron chi connectivity index (χ0n) is 84.4. The van der Waals surface area contributed by atoms with Gasteiger partial charge in [0.1, 0.15) is 0 Å². The molecule has 6 heterocycles. The van der Waals surface area contributed by atoms with Gasteiger partial charge in [0.15, 0.2) is 11.2 Å². The summed E-state index contributed by atoms with van der Waals surface area (Å²) in [6.45, 7) is 32.4. The van der Waals surface area contributed by atoms with Crippen LogP contribution in [0, 0.1) is 0 Å². The molecule has 0 saturated heterocycles. The van der Waals surface area contributed by atoms with Crippen molar-refractivity contribution in [2.24, 2.45) is 0 Å². The molecule has 0 amide bonds. The van der Waals surface area contributed by atoms with E-state index in [9.17, 15) is 21.9 Å². The third-order valence-electron chi connectivity index (χ3n) is 24.5. The monoisotopic (exact) mass is 1530 g/mol. The largest absolute Gasteiger partial charge is 0.452 e. The van der Waals surface area contributed by atoms with E-state index in [1.807, 2.05) is 72.8 Å². The summed E-state index contributed by atoms with van der Waals surface area (Å²) in [6, 6.07) is 65.1. The van der Waals surface area contributed by atoms with Crippen molar-refractivity contribution in [3.8, 4) is 50.4 Å². The molecule has 117 heavy (non-hydrogen) atoms. The standard InChI is InChI=1S/C110H96BN5O/c1-106(2,3)71-49-54-94-86(60-71)87-61-72(107(4,5)6)50-55-95(87)114(94)96-46-30-40-82-83-41-31-47-97(105(83)117-104(82)96)115-98-58-69(70-56-73(108(7,8)9)59-74(57-70)109(10,11)12)48-52-88(98)111-89-53-51-76(112-90-42-26-22-36-78(90)79-37-23-27-43-91(79)112)64-99(89)116(101-66-77(65-100(115)102(101)111)113-92-44-28-24-38-80(92)81-39-25-29-45-93(81)113)103-84(67-32-18-16-19-33-67)62-75(110(13,14)15)63-85(103)68-34-20-17-21-35-68/h16-66H,1-15H3/i22D,23D,24D,25D,26D,27D,28D,29D,36D,37D,38D,39D,42D,43D,44D,45D. The number of anilines is 6. The van der Waals surface area contributed by atoms with Crippen LogP contribution in [0.3, 0.4) is 0 Å². The molecule has 2 aliphatic rings. The molecule has 15 aromatic carbocycles. The van der Waals surface area contributed by atoms with Gasteiger partial charge in [0.05, 0.1) is 77.8 Å². The molecular formula is C110H96BN5O. The Balaban J connectivity index is 0.980. The fourth-order valence-corrected chi connectivity index (χ4v) is 18.3. The summed E-state index contributed by atoms with van der Waals surface area (Å²) in [6.07, 6.45) is 0. The van der Waals surface area contributed by atoms with E-state index >= 15 is 0 Å². The van der Waals surface area contributed by atoms with Crippen LogP contribution in [0.1, 0.15) is 154 Å². The van der Waals surface area contributed by atoms with E-state index in [2.05, 4.69) is 258 Å². The lowest BCUT2D eigenvalue weighted by Gasteiger charge is -2.45. The van der Waals surface area contributed by atoms with Gasteiger partial charge in [-0.3, -0.25) is 0 Å². The van der Waals surface area contributed by atoms with Crippen molar-refractivity contribution in [2.75, 3.05) is 9.80 Å². The van der Waals surface area contributed by atoms with E-state index in [4.69, 9.17) is 4.42 Å². The van der Waals surface area contributed by atoms with Gasteiger partial charge in [0, 0.05) is 82.7 Å². The number of para-hydroxylation sites is 6. The third kappa shape index (κ3) is 11.3. The summed E-state index contributed by atoms with van der Waals surface area (Å²) in [7, 11) is 0. The number of hydrogen-bond acceptors (Lipinski definition) is 3. The molecular weight excluding hydrogens is 1420 g/mol. The van der Waals surface area contributed by atoms with E-state index < -0.39 is 109 Å². The first-order valence-corrected chi connectivity index (χ1v) is 40.4. The van der Waals surface area contributed by atoms with Crippen molar-refractivity contribution in [3.63, 3.8) is 0 Å². The third-order valence-corrected chi connectivity index (χ3v) is 24.5. The van der Waals surface area contributed by atoms with Gasteiger partial charge in [0.25, 0.3) is 6.71 Å². The molecule has 2 aliphatic heterocycles. The average molecular weight is 1530 g/mol. The van der Waals surface area contributed by atoms with Crippen LogP contribution in [-0.4, -0.2) is 20.4 Å². The van der Waals surface area contributed by atoms with Crippen LogP contribution in [0.25, 0.3) is 138 Å². The fraction of sp³-hybridized carbons (Fsp3) is 0.182. The maximum Gasteiger partial charge on any atom is 0.252 e. The highest BCUT2D eigenvalue weighted by Gasteiger charge is 2.46. The Morgan fingerprint density at radius 3 is 1.15 bits per heavy atom. The highest BCUT2D eigenvalue weighted by Crippen LogP contribution is 2.55. The Morgan fingerprint density at radius 1 is 0.265 bits per heavy atom. The first kappa shape index (κ1) is 56.4. The van der Waals surface area contributed by atoms with Crippen LogP contribution in [0.2, 0.25) is 0 Å². The number of rotatable bonds is 8. The number of benzene rings is 15. The quantitative estimate of drug-likeness (QED) is 0.142. The molecule has 4 aromatic heterocycles. The van der Waals surface area contributed by atoms with Crippen molar-refractivity contribution in [2.45, 2.75) is 131 Å². The van der Waals surface area contributed by atoms with E-state index in [-0.39, 0.29) is 76.6 Å². The van der Waals surface area contributed by atoms with Gasteiger partial charge in [-0.2, -0.15) is 0 Å². The van der Waals surface area contributed by atoms with Crippen LogP contribution >= 0.6 is 0 Å². The molecule has 0 aliphatic carbocycles. The van der Waals surface area contributed by atoms with Crippen molar-refractivity contribution < 1.29 is 26.3 Å². The zero-order chi connectivity index (χ0) is 94.2. The molecule has 0 bridgehead atoms. The van der Waals surface area contributed by atoms with Crippen LogP contribution in [0.4, 0.5) is 34.1 Å². The predicted octanol–water partition coefficient (Wildman–Crippen LogP) is 28.4. The van der Waals surface area contributed by atoms with Gasteiger partial charge in [-0.1, -0.05) is 310 Å². The predicted molar refractivity (Wildman–Crippen MR) is 501 cm³/mol. The topological polar surface area (TPSA) is 34.4 Å². The summed E-state index contributed by atoms with van der Waals surface area (Å²) in [4.78, 5) is 4.45. The summed E-state index contributed by atoms with van der Waals surface area (Å²) in [5, 5.41) is 3.34. The Morgan fingerprint density at radius 2 is 0.675 bits per heavy atom. The van der Waals surface area contributed by atoms with Gasteiger partial charge in [0.2, 0.25) is 0 Å². The summed E-state index contributed by atoms with van der Waals surface area (Å²) >= 11 is 0. The second-order valence-corrected chi connectivity index (χ2v) is 37.0. The van der Waals surface area contributed by atoms with E-state index in [1.54, 1.807) is 9.13 Å². The molecule has 0 unspecified atom stereocenters. The van der Waals surface area contributed by atoms with Crippen LogP contribution in [-0.2, 0) is 27.1 Å². The van der Waals surface area contributed by atoms with Crippen molar-refractivity contribution in [1.82, 2.24) is 13.7 Å². The van der Waals surface area contributed by atoms with Crippen molar-refractivity contribution in [1.29, 1.82) is 0 Å². The lowest BCUT2D eigenvalue weighted by molar-refractivity contribution is 0.569. The molecule has 19 aromatic rings. The second kappa shape index (κ2) is 25.8. The van der Waals surface area contributed by atoms with Gasteiger partial charge in [-0.25, -0.2) is 0 Å². The first-order chi connectivity index (χ1) is 62.8. The Hall–Kier alpha value is -12.8. The molecule has 7 heteroatoms. The fourth-order valence-electron chi connectivity index (χ4n) is 18.3. The molecule has 0 N–H and O–H groups in total. The summed E-state index contributed by atoms with van der Waals surface area (Å²) in [5.74, 6) is 0. The number of hydrogen-bond donors (Lipinski definition) is 0. The van der Waals surface area contributed by atoms with Crippen LogP contribution in [0.15, 0.2) is 313 Å². The normalized spacial score (nSPS) is 15.3. The number of fused-ring (bicyclic) bond motifs is 16. The van der Waals surface area contributed by atoms with E-state index in [0.29, 0.717) is 56.2 Å². The van der Waals surface area contributed by atoms with Crippen molar-refractivity contribution in [3.05, 3.63) is 337 Å². The molecule has 6 nitrogen and oxygen atoms in total. The lowest BCUT2D eigenvalue weighted by Crippen LogP contribution is -2.61. The van der Waals surface area contributed by atoms with Crippen LogP contribution < -0.4 is 26.2 Å². The zero-order valence-corrected chi connectivity index (χ0v) is 68.4. The number of nitrogens with zero attached hydrogens (tertiary/aromatic N) is 5. The molecule has 570 valence electrons.